The topological polar surface area (TPSA) is 17.1 Å². The van der Waals surface area contributed by atoms with Gasteiger partial charge in [0.2, 0.25) is 0 Å². The van der Waals surface area contributed by atoms with Gasteiger partial charge in [0.25, 0.3) is 0 Å². The fourth-order valence-corrected chi connectivity index (χ4v) is 3.68. The molecule has 0 fully saturated rings. The van der Waals surface area contributed by atoms with Crippen LogP contribution in [-0.2, 0) is 11.2 Å². The maximum Gasteiger partial charge on any atom is 0.159 e. The first kappa shape index (κ1) is 17.0. The number of unbranched alkanes of at least 4 members (excludes halogenated alkanes) is 3. The van der Waals surface area contributed by atoms with Crippen LogP contribution in [0.3, 0.4) is 0 Å². The zero-order valence-corrected chi connectivity index (χ0v) is 14.4. The summed E-state index contributed by atoms with van der Waals surface area (Å²) >= 11 is 0. The number of hydrogen-bond acceptors (Lipinski definition) is 1. The maximum absolute atomic E-state index is 12.1. The Morgan fingerprint density at radius 3 is 2.36 bits per heavy atom. The molecule has 2 atom stereocenters. The van der Waals surface area contributed by atoms with Crippen LogP contribution in [-0.4, -0.2) is 5.78 Å². The number of hydrogen-bond donors (Lipinski definition) is 0. The summed E-state index contributed by atoms with van der Waals surface area (Å²) in [6.07, 6.45) is 12.3. The van der Waals surface area contributed by atoms with Gasteiger partial charge in [0.1, 0.15) is 0 Å². The van der Waals surface area contributed by atoms with E-state index in [2.05, 4.69) is 45.0 Å². The molecule has 1 aliphatic rings. The van der Waals surface area contributed by atoms with E-state index in [1.54, 1.807) is 0 Å². The highest BCUT2D eigenvalue weighted by molar-refractivity contribution is 5.94. The Morgan fingerprint density at radius 2 is 1.68 bits per heavy atom. The first-order valence-electron chi connectivity index (χ1n) is 8.89. The zero-order chi connectivity index (χ0) is 15.9. The first-order valence-corrected chi connectivity index (χ1v) is 8.89. The van der Waals surface area contributed by atoms with Gasteiger partial charge in [-0.05, 0) is 50.7 Å². The van der Waals surface area contributed by atoms with E-state index in [9.17, 15) is 4.79 Å². The summed E-state index contributed by atoms with van der Waals surface area (Å²) in [7, 11) is 0. The van der Waals surface area contributed by atoms with Gasteiger partial charge in [-0.1, -0.05) is 68.0 Å². The lowest BCUT2D eigenvalue weighted by Gasteiger charge is -2.18. The van der Waals surface area contributed by atoms with Crippen molar-refractivity contribution in [1.29, 1.82) is 0 Å². The number of carbonyl (C=O) groups is 1. The second kappa shape index (κ2) is 8.31. The SMILES string of the molecule is CCCCCC[C@H]1C=CC(=O)[C@@H]1CCc1cc(C)cc(C)c1. The summed E-state index contributed by atoms with van der Waals surface area (Å²) in [5.41, 5.74) is 4.02. The van der Waals surface area contributed by atoms with Crippen molar-refractivity contribution in [3.8, 4) is 0 Å². The average molecular weight is 298 g/mol. The number of ketones is 1. The second-order valence-electron chi connectivity index (χ2n) is 6.92. The molecule has 0 radical (unpaired) electrons. The summed E-state index contributed by atoms with van der Waals surface area (Å²) in [4.78, 5) is 12.1. The van der Waals surface area contributed by atoms with Crippen LogP contribution in [0, 0.1) is 25.7 Å². The number of allylic oxidation sites excluding steroid dienone is 2. The number of carbonyl (C=O) groups excluding carboxylic acids is 1. The summed E-state index contributed by atoms with van der Waals surface area (Å²) in [6, 6.07) is 6.73. The molecule has 0 spiro atoms. The van der Waals surface area contributed by atoms with Crippen molar-refractivity contribution in [3.63, 3.8) is 0 Å². The van der Waals surface area contributed by atoms with Crippen LogP contribution in [0.25, 0.3) is 0 Å². The molecule has 1 aromatic carbocycles. The highest BCUT2D eigenvalue weighted by Crippen LogP contribution is 2.31. The third-order valence-electron chi connectivity index (χ3n) is 4.81. The predicted octanol–water partition coefficient (Wildman–Crippen LogP) is 5.58. The fourth-order valence-electron chi connectivity index (χ4n) is 3.68. The standard InChI is InChI=1S/C21H30O/c1-4-5-6-7-8-19-10-12-21(22)20(19)11-9-18-14-16(2)13-17(3)15-18/h10,12-15,19-20H,4-9,11H2,1-3H3/t19-,20+/m0/s1. The van der Waals surface area contributed by atoms with Gasteiger partial charge < -0.3 is 0 Å². The van der Waals surface area contributed by atoms with Crippen molar-refractivity contribution in [1.82, 2.24) is 0 Å². The molecular weight excluding hydrogens is 268 g/mol. The minimum atomic E-state index is 0.224. The molecule has 0 bridgehead atoms. The quantitative estimate of drug-likeness (QED) is 0.573. The van der Waals surface area contributed by atoms with Gasteiger partial charge in [-0.2, -0.15) is 0 Å². The monoisotopic (exact) mass is 298 g/mol. The van der Waals surface area contributed by atoms with Crippen LogP contribution in [0.1, 0.15) is 62.1 Å². The van der Waals surface area contributed by atoms with E-state index in [4.69, 9.17) is 0 Å². The molecule has 0 saturated heterocycles. The van der Waals surface area contributed by atoms with Crippen molar-refractivity contribution in [2.75, 3.05) is 0 Å². The Morgan fingerprint density at radius 1 is 0.955 bits per heavy atom. The van der Waals surface area contributed by atoms with Crippen LogP contribution in [0.5, 0.6) is 0 Å². The highest BCUT2D eigenvalue weighted by atomic mass is 16.1. The van der Waals surface area contributed by atoms with E-state index in [1.807, 2.05) is 6.08 Å². The molecule has 0 unspecified atom stereocenters. The van der Waals surface area contributed by atoms with Crippen molar-refractivity contribution < 1.29 is 4.79 Å². The van der Waals surface area contributed by atoms with Gasteiger partial charge in [-0.25, -0.2) is 0 Å². The molecule has 1 aliphatic carbocycles. The Kier molecular flexibility index (Phi) is 6.42. The maximum atomic E-state index is 12.1. The van der Waals surface area contributed by atoms with Gasteiger partial charge in [0.15, 0.2) is 5.78 Å². The smallest absolute Gasteiger partial charge is 0.159 e. The van der Waals surface area contributed by atoms with Gasteiger partial charge in [0, 0.05) is 5.92 Å². The molecule has 120 valence electrons. The lowest BCUT2D eigenvalue weighted by Crippen LogP contribution is -2.17. The molecular formula is C21H30O. The Hall–Kier alpha value is -1.37. The van der Waals surface area contributed by atoms with Crippen LogP contribution in [0.4, 0.5) is 0 Å². The van der Waals surface area contributed by atoms with Gasteiger partial charge >= 0.3 is 0 Å². The predicted molar refractivity (Wildman–Crippen MR) is 94.1 cm³/mol. The van der Waals surface area contributed by atoms with Gasteiger partial charge in [0.05, 0.1) is 0 Å². The molecule has 22 heavy (non-hydrogen) atoms. The normalized spacial score (nSPS) is 20.8. The van der Waals surface area contributed by atoms with Crippen molar-refractivity contribution >= 4 is 5.78 Å². The third kappa shape index (κ3) is 4.83. The van der Waals surface area contributed by atoms with E-state index in [0.717, 1.165) is 12.8 Å². The molecule has 0 aromatic heterocycles. The lowest BCUT2D eigenvalue weighted by molar-refractivity contribution is -0.118. The first-order chi connectivity index (χ1) is 10.6. The van der Waals surface area contributed by atoms with Crippen LogP contribution in [0.2, 0.25) is 0 Å². The molecule has 0 heterocycles. The zero-order valence-electron chi connectivity index (χ0n) is 14.4. The van der Waals surface area contributed by atoms with E-state index in [0.29, 0.717) is 11.7 Å². The summed E-state index contributed by atoms with van der Waals surface area (Å²) < 4.78 is 0. The highest BCUT2D eigenvalue weighted by Gasteiger charge is 2.29. The number of benzene rings is 1. The second-order valence-corrected chi connectivity index (χ2v) is 6.92. The molecule has 1 heteroatoms. The average Bonchev–Trinajstić information content (AvgIpc) is 2.81. The largest absolute Gasteiger partial charge is 0.295 e. The summed E-state index contributed by atoms with van der Waals surface area (Å²) in [6.45, 7) is 6.54. The fraction of sp³-hybridized carbons (Fsp3) is 0.571. The van der Waals surface area contributed by atoms with Crippen molar-refractivity contribution in [2.24, 2.45) is 11.8 Å². The molecule has 2 rings (SSSR count). The third-order valence-corrected chi connectivity index (χ3v) is 4.81. The molecule has 1 nitrogen and oxygen atoms in total. The Bertz CT molecular complexity index is 506. The number of rotatable bonds is 8. The lowest BCUT2D eigenvalue weighted by atomic mass is 9.85. The van der Waals surface area contributed by atoms with Crippen molar-refractivity contribution in [2.45, 2.75) is 65.7 Å². The van der Waals surface area contributed by atoms with Crippen molar-refractivity contribution in [3.05, 3.63) is 47.0 Å². The molecule has 0 N–H and O–H groups in total. The Labute approximate surface area is 135 Å². The Balaban J connectivity index is 1.87. The van der Waals surface area contributed by atoms with Crippen LogP contribution in [0.15, 0.2) is 30.4 Å². The van der Waals surface area contributed by atoms with E-state index < -0.39 is 0 Å². The van der Waals surface area contributed by atoms with E-state index in [1.165, 1.54) is 48.8 Å². The molecule has 0 amide bonds. The van der Waals surface area contributed by atoms with Gasteiger partial charge in [-0.15, -0.1) is 0 Å². The molecule has 0 saturated carbocycles. The van der Waals surface area contributed by atoms with E-state index in [-0.39, 0.29) is 5.92 Å². The van der Waals surface area contributed by atoms with Crippen LogP contribution >= 0.6 is 0 Å². The number of aryl methyl sites for hydroxylation is 3. The minimum Gasteiger partial charge on any atom is -0.295 e. The molecule has 1 aromatic rings. The molecule has 0 aliphatic heterocycles. The summed E-state index contributed by atoms with van der Waals surface area (Å²) in [5, 5.41) is 0. The summed E-state index contributed by atoms with van der Waals surface area (Å²) in [5.74, 6) is 1.06. The van der Waals surface area contributed by atoms with Crippen LogP contribution < -0.4 is 0 Å². The minimum absolute atomic E-state index is 0.224. The van der Waals surface area contributed by atoms with E-state index >= 15 is 0 Å². The van der Waals surface area contributed by atoms with Gasteiger partial charge in [-0.3, -0.25) is 4.79 Å².